The number of thioether (sulfide) groups is 1. The van der Waals surface area contributed by atoms with E-state index in [4.69, 9.17) is 12.2 Å². The van der Waals surface area contributed by atoms with Gasteiger partial charge in [-0.05, 0) is 18.6 Å². The number of thiocarbonyl (C=S) groups is 1. The zero-order chi connectivity index (χ0) is 16.4. The van der Waals surface area contributed by atoms with Gasteiger partial charge in [0.2, 0.25) is 0 Å². The van der Waals surface area contributed by atoms with Gasteiger partial charge in [-0.15, -0.1) is 0 Å². The molecule has 0 spiro atoms. The number of carboxylic acid groups (broad SMARTS) is 2. The third-order valence-electron chi connectivity index (χ3n) is 3.02. The van der Waals surface area contributed by atoms with E-state index >= 15 is 0 Å². The van der Waals surface area contributed by atoms with E-state index in [1.165, 1.54) is 31.2 Å². The molecule has 1 aromatic carbocycles. The number of nitrogens with zero attached hydrogens (tertiary/aromatic N) is 1. The van der Waals surface area contributed by atoms with Crippen LogP contribution in [0.1, 0.15) is 22.8 Å². The summed E-state index contributed by atoms with van der Waals surface area (Å²) in [6.45, 7) is 1.29. The average molecular weight is 335 g/mol. The summed E-state index contributed by atoms with van der Waals surface area (Å²) in [5.41, 5.74) is 0.213. The van der Waals surface area contributed by atoms with Gasteiger partial charge in [-0.1, -0.05) is 48.2 Å². The molecule has 0 radical (unpaired) electrons. The molecule has 0 aliphatic carbocycles. The highest BCUT2D eigenvalue weighted by Crippen LogP contribution is 2.34. The normalized spacial score (nSPS) is 17.9. The van der Waals surface area contributed by atoms with Crippen LogP contribution in [0.25, 0.3) is 6.08 Å². The Bertz CT molecular complexity index is 713. The zero-order valence-electron chi connectivity index (χ0n) is 11.3. The Morgan fingerprint density at radius 3 is 2.55 bits per heavy atom. The van der Waals surface area contributed by atoms with Gasteiger partial charge in [0.1, 0.15) is 4.32 Å². The molecule has 1 atom stereocenters. The summed E-state index contributed by atoms with van der Waals surface area (Å²) in [6, 6.07) is 4.81. The molecule has 0 bridgehead atoms. The van der Waals surface area contributed by atoms with Crippen molar-refractivity contribution in [2.45, 2.75) is 13.0 Å². The van der Waals surface area contributed by atoms with Crippen molar-refractivity contribution in [2.24, 2.45) is 0 Å². The van der Waals surface area contributed by atoms with E-state index in [-0.39, 0.29) is 20.4 Å². The molecule has 2 rings (SSSR count). The summed E-state index contributed by atoms with van der Waals surface area (Å²) in [5.74, 6) is -3.39. The van der Waals surface area contributed by atoms with Crippen LogP contribution in [0.15, 0.2) is 29.2 Å². The lowest BCUT2D eigenvalue weighted by Crippen LogP contribution is -2.48. The number of aromatic carboxylic acids is 1. The highest BCUT2D eigenvalue weighted by Gasteiger charge is 2.35. The van der Waals surface area contributed by atoms with Gasteiger partial charge in [0, 0.05) is 5.56 Å². The lowest BCUT2D eigenvalue weighted by Gasteiger charge is -2.23. The first-order chi connectivity index (χ1) is 10.3. The van der Waals surface area contributed by atoms with Crippen molar-refractivity contribution in [1.82, 2.24) is 4.90 Å². The minimum Gasteiger partial charge on any atom is -0.548 e. The zero-order valence-corrected chi connectivity index (χ0v) is 12.9. The van der Waals surface area contributed by atoms with Crippen molar-refractivity contribution >= 4 is 52.2 Å². The lowest BCUT2D eigenvalue weighted by atomic mass is 10.1. The first-order valence-corrected chi connectivity index (χ1v) is 7.33. The standard InChI is InChI=1S/C14H11NO5S2/c1-7(12(17)18)15-11(16)10(22-14(15)21)6-8-4-2-3-5-9(8)13(19)20/h2-7H,1H3,(H,17,18)(H,19,20)/p-2/b10-6-/t7-/m1/s1. The second kappa shape index (κ2) is 6.29. The largest absolute Gasteiger partial charge is 0.548 e. The minimum absolute atomic E-state index is 0.0688. The Labute approximate surface area is 135 Å². The number of hydrogen-bond acceptors (Lipinski definition) is 7. The summed E-state index contributed by atoms with van der Waals surface area (Å²) < 4.78 is 0.0823. The summed E-state index contributed by atoms with van der Waals surface area (Å²) in [7, 11) is 0. The predicted octanol–water partition coefficient (Wildman–Crippen LogP) is -0.610. The van der Waals surface area contributed by atoms with Crippen LogP contribution >= 0.6 is 24.0 Å². The highest BCUT2D eigenvalue weighted by atomic mass is 32.2. The summed E-state index contributed by atoms with van der Waals surface area (Å²) in [4.78, 5) is 35.3. The summed E-state index contributed by atoms with van der Waals surface area (Å²) in [5, 5.41) is 22.0. The van der Waals surface area contributed by atoms with Gasteiger partial charge in [-0.25, -0.2) is 0 Å². The van der Waals surface area contributed by atoms with Gasteiger partial charge in [0.05, 0.1) is 22.9 Å². The van der Waals surface area contributed by atoms with E-state index < -0.39 is 23.9 Å². The first-order valence-electron chi connectivity index (χ1n) is 6.11. The Morgan fingerprint density at radius 2 is 1.95 bits per heavy atom. The second-order valence-corrected chi connectivity index (χ2v) is 6.10. The van der Waals surface area contributed by atoms with Crippen LogP contribution in [0.5, 0.6) is 0 Å². The molecule has 1 saturated heterocycles. The van der Waals surface area contributed by atoms with Crippen LogP contribution in [0.4, 0.5) is 0 Å². The number of carboxylic acids is 2. The molecule has 1 fully saturated rings. The Kier molecular flexibility index (Phi) is 4.62. The number of benzene rings is 1. The van der Waals surface area contributed by atoms with E-state index in [1.807, 2.05) is 0 Å². The van der Waals surface area contributed by atoms with Crippen LogP contribution in [-0.4, -0.2) is 33.1 Å². The average Bonchev–Trinajstić information content (AvgIpc) is 2.73. The van der Waals surface area contributed by atoms with Gasteiger partial charge in [0.25, 0.3) is 5.91 Å². The molecule has 0 aromatic heterocycles. The number of aliphatic carboxylic acids is 1. The van der Waals surface area contributed by atoms with E-state index in [0.29, 0.717) is 0 Å². The van der Waals surface area contributed by atoms with Gasteiger partial charge in [0.15, 0.2) is 0 Å². The quantitative estimate of drug-likeness (QED) is 0.534. The molecular formula is C14H9NO5S2-2. The monoisotopic (exact) mass is 335 g/mol. The Hall–Kier alpha value is -2.19. The van der Waals surface area contributed by atoms with E-state index in [1.54, 1.807) is 6.07 Å². The van der Waals surface area contributed by atoms with Crippen LogP contribution in [-0.2, 0) is 9.59 Å². The smallest absolute Gasteiger partial charge is 0.266 e. The van der Waals surface area contributed by atoms with Gasteiger partial charge < -0.3 is 19.8 Å². The topological polar surface area (TPSA) is 101 Å². The fourth-order valence-electron chi connectivity index (χ4n) is 1.87. The molecule has 1 heterocycles. The van der Waals surface area contributed by atoms with Gasteiger partial charge >= 0.3 is 0 Å². The molecule has 0 unspecified atom stereocenters. The van der Waals surface area contributed by atoms with Crippen molar-refractivity contribution in [3.8, 4) is 0 Å². The molecule has 0 N–H and O–H groups in total. The number of carbonyl (C=O) groups is 3. The van der Waals surface area contributed by atoms with Crippen molar-refractivity contribution in [2.75, 3.05) is 0 Å². The van der Waals surface area contributed by atoms with E-state index in [9.17, 15) is 24.6 Å². The maximum atomic E-state index is 12.2. The SMILES string of the molecule is C[C@H](C(=O)[O-])N1C(=O)/C(=C/c2ccccc2C(=O)[O-])SC1=S. The predicted molar refractivity (Wildman–Crippen MR) is 80.3 cm³/mol. The molecule has 1 aliphatic heterocycles. The number of carbonyl (C=O) groups excluding carboxylic acids is 3. The Balaban J connectivity index is 2.39. The van der Waals surface area contributed by atoms with Crippen molar-refractivity contribution in [3.63, 3.8) is 0 Å². The molecule has 6 nitrogen and oxygen atoms in total. The van der Waals surface area contributed by atoms with Crippen LogP contribution in [0.3, 0.4) is 0 Å². The molecule has 0 saturated carbocycles. The third-order valence-corrected chi connectivity index (χ3v) is 4.35. The van der Waals surface area contributed by atoms with E-state index in [0.717, 1.165) is 16.7 Å². The number of rotatable bonds is 4. The fraction of sp³-hybridized carbons (Fsp3) is 0.143. The van der Waals surface area contributed by atoms with Crippen molar-refractivity contribution in [3.05, 3.63) is 40.3 Å². The molecule has 114 valence electrons. The van der Waals surface area contributed by atoms with Gasteiger partial charge in [-0.2, -0.15) is 0 Å². The summed E-state index contributed by atoms with van der Waals surface area (Å²) in [6.07, 6.45) is 1.35. The second-order valence-electron chi connectivity index (χ2n) is 4.42. The molecule has 8 heteroatoms. The maximum absolute atomic E-state index is 12.2. The fourth-order valence-corrected chi connectivity index (χ4v) is 3.28. The maximum Gasteiger partial charge on any atom is 0.266 e. The third kappa shape index (κ3) is 3.02. The number of hydrogen-bond donors (Lipinski definition) is 0. The minimum atomic E-state index is -1.42. The van der Waals surface area contributed by atoms with Crippen molar-refractivity contribution in [1.29, 1.82) is 0 Å². The van der Waals surface area contributed by atoms with Crippen molar-refractivity contribution < 1.29 is 24.6 Å². The van der Waals surface area contributed by atoms with Crippen LogP contribution in [0, 0.1) is 0 Å². The molecule has 1 aromatic rings. The lowest BCUT2D eigenvalue weighted by molar-refractivity contribution is -0.309. The number of amides is 1. The molecule has 1 amide bonds. The van der Waals surface area contributed by atoms with Gasteiger partial charge in [-0.3, -0.25) is 9.69 Å². The highest BCUT2D eigenvalue weighted by molar-refractivity contribution is 8.26. The summed E-state index contributed by atoms with van der Waals surface area (Å²) >= 11 is 5.91. The van der Waals surface area contributed by atoms with Crippen LogP contribution < -0.4 is 10.2 Å². The van der Waals surface area contributed by atoms with E-state index in [2.05, 4.69) is 0 Å². The van der Waals surface area contributed by atoms with Crippen LogP contribution in [0.2, 0.25) is 0 Å². The first kappa shape index (κ1) is 16.2. The Morgan fingerprint density at radius 1 is 1.32 bits per heavy atom. The molecule has 22 heavy (non-hydrogen) atoms. The molecular weight excluding hydrogens is 326 g/mol. The molecule has 1 aliphatic rings.